The van der Waals surface area contributed by atoms with Gasteiger partial charge in [-0.05, 0) is 69.0 Å². The van der Waals surface area contributed by atoms with E-state index in [1.54, 1.807) is 23.5 Å². The maximum absolute atomic E-state index is 14.0. The molecule has 0 radical (unpaired) electrons. The Morgan fingerprint density at radius 1 is 1.20 bits per heavy atom. The van der Waals surface area contributed by atoms with Crippen molar-refractivity contribution in [3.05, 3.63) is 74.7 Å². The van der Waals surface area contributed by atoms with E-state index in [0.717, 1.165) is 47.1 Å². The van der Waals surface area contributed by atoms with Crippen molar-refractivity contribution >= 4 is 28.1 Å². The Hall–Kier alpha value is -2.73. The van der Waals surface area contributed by atoms with Crippen molar-refractivity contribution in [2.24, 2.45) is 0 Å². The molecular weight excluding hydrogens is 395 g/mol. The number of rotatable bonds is 3. The third-order valence-electron chi connectivity index (χ3n) is 6.43. The van der Waals surface area contributed by atoms with E-state index < -0.39 is 0 Å². The van der Waals surface area contributed by atoms with Crippen molar-refractivity contribution in [1.82, 2.24) is 14.5 Å². The van der Waals surface area contributed by atoms with Gasteiger partial charge >= 0.3 is 0 Å². The number of thiazole rings is 1. The number of nitrogens with zero attached hydrogens (tertiary/aromatic N) is 4. The van der Waals surface area contributed by atoms with Crippen LogP contribution in [0, 0.1) is 26.6 Å². The van der Waals surface area contributed by atoms with E-state index in [4.69, 9.17) is 4.98 Å². The van der Waals surface area contributed by atoms with Gasteiger partial charge in [-0.3, -0.25) is 0 Å². The molecule has 0 fully saturated rings. The summed E-state index contributed by atoms with van der Waals surface area (Å²) in [6.45, 7) is 10.1. The van der Waals surface area contributed by atoms with Crippen molar-refractivity contribution in [2.75, 3.05) is 11.4 Å². The van der Waals surface area contributed by atoms with Crippen LogP contribution in [0.1, 0.15) is 46.1 Å². The van der Waals surface area contributed by atoms with Crippen LogP contribution in [-0.2, 0) is 13.0 Å². The lowest BCUT2D eigenvalue weighted by Crippen LogP contribution is -2.35. The Kier molecular flexibility index (Phi) is 4.62. The van der Waals surface area contributed by atoms with Gasteiger partial charge in [0.15, 0.2) is 5.82 Å². The molecule has 0 saturated carbocycles. The van der Waals surface area contributed by atoms with Crippen molar-refractivity contribution < 1.29 is 4.39 Å². The van der Waals surface area contributed by atoms with Crippen LogP contribution in [0.25, 0.3) is 10.9 Å². The lowest BCUT2D eigenvalue weighted by atomic mass is 9.93. The van der Waals surface area contributed by atoms with Crippen LogP contribution in [0.4, 0.5) is 10.2 Å². The number of halogens is 1. The van der Waals surface area contributed by atoms with Crippen molar-refractivity contribution in [1.29, 1.82) is 0 Å². The Labute approximate surface area is 180 Å². The first kappa shape index (κ1) is 19.2. The van der Waals surface area contributed by atoms with Crippen molar-refractivity contribution in [2.45, 2.75) is 46.7 Å². The molecule has 0 N–H and O–H groups in total. The summed E-state index contributed by atoms with van der Waals surface area (Å²) in [7, 11) is 0. The largest absolute Gasteiger partial charge is 0.348 e. The van der Waals surface area contributed by atoms with Crippen molar-refractivity contribution in [3.63, 3.8) is 0 Å². The summed E-state index contributed by atoms with van der Waals surface area (Å²) in [5.41, 5.74) is 7.02. The highest BCUT2D eigenvalue weighted by Gasteiger charge is 2.28. The van der Waals surface area contributed by atoms with Crippen LogP contribution >= 0.6 is 11.3 Å². The second kappa shape index (κ2) is 7.20. The van der Waals surface area contributed by atoms with Crippen LogP contribution in [-0.4, -0.2) is 21.1 Å². The molecule has 1 aliphatic heterocycles. The molecule has 4 nitrogen and oxygen atoms in total. The topological polar surface area (TPSA) is 34.0 Å². The fourth-order valence-electron chi connectivity index (χ4n) is 4.70. The van der Waals surface area contributed by atoms with Gasteiger partial charge in [-0.25, -0.2) is 14.4 Å². The molecule has 1 unspecified atom stereocenters. The predicted octanol–water partition coefficient (Wildman–Crippen LogP) is 5.73. The van der Waals surface area contributed by atoms with Crippen LogP contribution in [0.5, 0.6) is 0 Å². The summed E-state index contributed by atoms with van der Waals surface area (Å²) in [6, 6.07) is 7.33. The fraction of sp³-hybridized carbons (Fsp3) is 0.333. The normalized spacial score (nSPS) is 16.3. The SMILES string of the molecule is Cc1nc(Cn2c(C)c(C)c3ccnc(N4CCc5ccc(F)cc5C4C)c32)cs1. The first-order chi connectivity index (χ1) is 14.4. The lowest BCUT2D eigenvalue weighted by molar-refractivity contribution is 0.590. The number of aryl methyl sites for hydroxylation is 2. The molecule has 4 aromatic rings. The average Bonchev–Trinajstić information content (AvgIpc) is 3.25. The van der Waals surface area contributed by atoms with Gasteiger partial charge < -0.3 is 9.47 Å². The van der Waals surface area contributed by atoms with E-state index in [-0.39, 0.29) is 11.9 Å². The minimum Gasteiger partial charge on any atom is -0.348 e. The van der Waals surface area contributed by atoms with Gasteiger partial charge in [-0.2, -0.15) is 0 Å². The Balaban J connectivity index is 1.66. The number of anilines is 1. The van der Waals surface area contributed by atoms with E-state index in [0.29, 0.717) is 0 Å². The quantitative estimate of drug-likeness (QED) is 0.424. The van der Waals surface area contributed by atoms with E-state index in [9.17, 15) is 4.39 Å². The summed E-state index contributed by atoms with van der Waals surface area (Å²) in [4.78, 5) is 11.8. The van der Waals surface area contributed by atoms with Crippen LogP contribution in [0.15, 0.2) is 35.8 Å². The minimum absolute atomic E-state index is 0.0630. The molecule has 1 aromatic carbocycles. The average molecular weight is 421 g/mol. The third kappa shape index (κ3) is 3.01. The Morgan fingerprint density at radius 3 is 2.80 bits per heavy atom. The highest BCUT2D eigenvalue weighted by Crippen LogP contribution is 2.38. The number of hydrogen-bond donors (Lipinski definition) is 0. The van der Waals surface area contributed by atoms with Crippen LogP contribution < -0.4 is 4.90 Å². The molecule has 5 rings (SSSR count). The van der Waals surface area contributed by atoms with E-state index >= 15 is 0 Å². The van der Waals surface area contributed by atoms with Gasteiger partial charge in [0, 0.05) is 29.2 Å². The van der Waals surface area contributed by atoms with Gasteiger partial charge in [-0.1, -0.05) is 6.07 Å². The Morgan fingerprint density at radius 2 is 2.03 bits per heavy atom. The maximum atomic E-state index is 14.0. The molecule has 0 spiro atoms. The second-order valence-electron chi connectivity index (χ2n) is 8.15. The van der Waals surface area contributed by atoms with Gasteiger partial charge in [-0.15, -0.1) is 11.3 Å². The number of pyridine rings is 1. The molecule has 1 aliphatic rings. The molecule has 0 amide bonds. The molecule has 154 valence electrons. The van der Waals surface area contributed by atoms with E-state index in [2.05, 4.69) is 46.7 Å². The summed E-state index contributed by atoms with van der Waals surface area (Å²) >= 11 is 1.68. The maximum Gasteiger partial charge on any atom is 0.153 e. The molecule has 6 heteroatoms. The van der Waals surface area contributed by atoms with Crippen LogP contribution in [0.3, 0.4) is 0 Å². The molecule has 0 saturated heterocycles. The lowest BCUT2D eigenvalue weighted by Gasteiger charge is -2.36. The smallest absolute Gasteiger partial charge is 0.153 e. The summed E-state index contributed by atoms with van der Waals surface area (Å²) in [5, 5.41) is 4.44. The molecular formula is C24H25FN4S. The monoisotopic (exact) mass is 420 g/mol. The molecule has 30 heavy (non-hydrogen) atoms. The third-order valence-corrected chi connectivity index (χ3v) is 7.26. The molecule has 1 atom stereocenters. The second-order valence-corrected chi connectivity index (χ2v) is 9.21. The predicted molar refractivity (Wildman–Crippen MR) is 121 cm³/mol. The summed E-state index contributed by atoms with van der Waals surface area (Å²) in [5.74, 6) is 0.792. The number of fused-ring (bicyclic) bond motifs is 2. The first-order valence-corrected chi connectivity index (χ1v) is 11.2. The minimum atomic E-state index is -0.178. The molecule has 4 heterocycles. The highest BCUT2D eigenvalue weighted by atomic mass is 32.1. The summed E-state index contributed by atoms with van der Waals surface area (Å²) in [6.07, 6.45) is 2.79. The molecule has 0 aliphatic carbocycles. The van der Waals surface area contributed by atoms with Gasteiger partial charge in [0.2, 0.25) is 0 Å². The highest BCUT2D eigenvalue weighted by molar-refractivity contribution is 7.09. The van der Waals surface area contributed by atoms with Crippen molar-refractivity contribution in [3.8, 4) is 0 Å². The summed E-state index contributed by atoms with van der Waals surface area (Å²) < 4.78 is 16.3. The first-order valence-electron chi connectivity index (χ1n) is 10.3. The van der Waals surface area contributed by atoms with Gasteiger partial charge in [0.1, 0.15) is 5.82 Å². The van der Waals surface area contributed by atoms with E-state index in [1.807, 2.05) is 19.2 Å². The Bertz CT molecular complexity index is 1260. The zero-order valence-corrected chi connectivity index (χ0v) is 18.6. The number of aromatic nitrogens is 3. The zero-order chi connectivity index (χ0) is 21.0. The van der Waals surface area contributed by atoms with Gasteiger partial charge in [0.05, 0.1) is 28.8 Å². The standard InChI is InChI=1S/C24H25FN4S/c1-14-15(2)29(12-20-13-30-17(4)27-20)23-21(14)7-9-26-24(23)28-10-8-18-5-6-19(25)11-22(18)16(28)3/h5-7,9,11,13,16H,8,10,12H2,1-4H3. The van der Waals surface area contributed by atoms with E-state index in [1.165, 1.54) is 22.2 Å². The zero-order valence-electron chi connectivity index (χ0n) is 17.7. The molecule has 0 bridgehead atoms. The molecule has 3 aromatic heterocycles. The van der Waals surface area contributed by atoms with Crippen LogP contribution in [0.2, 0.25) is 0 Å². The van der Waals surface area contributed by atoms with Gasteiger partial charge in [0.25, 0.3) is 0 Å². The fourth-order valence-corrected chi connectivity index (χ4v) is 5.31. The number of benzene rings is 1. The number of hydrogen-bond acceptors (Lipinski definition) is 4.